The number of aliphatic hydroxyl groups excluding tert-OH is 1. The van der Waals surface area contributed by atoms with Gasteiger partial charge in [-0.05, 0) is 25.7 Å². The maximum absolute atomic E-state index is 12.3. The van der Waals surface area contributed by atoms with E-state index in [9.17, 15) is 4.79 Å². The molecule has 0 fully saturated rings. The number of aryl methyl sites for hydroxylation is 1. The van der Waals surface area contributed by atoms with Gasteiger partial charge >= 0.3 is 6.03 Å². The Morgan fingerprint density at radius 3 is 3.12 bits per heavy atom. The van der Waals surface area contributed by atoms with Crippen LogP contribution in [0, 0.1) is 0 Å². The second-order valence-corrected chi connectivity index (χ2v) is 6.55. The summed E-state index contributed by atoms with van der Waals surface area (Å²) in [6.45, 7) is 1.86. The molecule has 9 nitrogen and oxygen atoms in total. The van der Waals surface area contributed by atoms with Crippen LogP contribution >= 0.6 is 0 Å². The fraction of sp³-hybridized carbons (Fsp3) is 0.625. The fourth-order valence-corrected chi connectivity index (χ4v) is 3.77. The third-order valence-electron chi connectivity index (χ3n) is 4.97. The minimum atomic E-state index is -0.205. The molecule has 9 heteroatoms. The number of rotatable bonds is 5. The summed E-state index contributed by atoms with van der Waals surface area (Å²) in [5.41, 5.74) is 2.17. The number of amides is 2. The van der Waals surface area contributed by atoms with Gasteiger partial charge in [0.1, 0.15) is 5.82 Å². The smallest absolute Gasteiger partial charge is 0.315 e. The number of fused-ring (bicyclic) bond motifs is 2. The summed E-state index contributed by atoms with van der Waals surface area (Å²) in [6.07, 6.45) is 6.68. The third-order valence-corrected chi connectivity index (χ3v) is 4.97. The van der Waals surface area contributed by atoms with Gasteiger partial charge in [0, 0.05) is 24.2 Å². The number of hydrogen-bond donors (Lipinski definition) is 3. The van der Waals surface area contributed by atoms with E-state index in [1.54, 1.807) is 6.20 Å². The highest BCUT2D eigenvalue weighted by atomic mass is 16.3. The summed E-state index contributed by atoms with van der Waals surface area (Å²) in [7, 11) is 0. The lowest BCUT2D eigenvalue weighted by molar-refractivity contribution is 0.234. The highest BCUT2D eigenvalue weighted by molar-refractivity contribution is 5.74. The van der Waals surface area contributed by atoms with Crippen LogP contribution in [0.1, 0.15) is 48.2 Å². The number of aromatic nitrogens is 5. The van der Waals surface area contributed by atoms with Gasteiger partial charge in [-0.3, -0.25) is 4.68 Å². The Hall–Kier alpha value is -2.42. The Morgan fingerprint density at radius 1 is 1.32 bits per heavy atom. The average Bonchev–Trinajstić information content (AvgIpc) is 3.30. The van der Waals surface area contributed by atoms with Gasteiger partial charge in [-0.15, -0.1) is 10.2 Å². The van der Waals surface area contributed by atoms with E-state index in [1.165, 1.54) is 0 Å². The van der Waals surface area contributed by atoms with E-state index in [1.807, 2.05) is 4.68 Å². The molecule has 1 atom stereocenters. The first-order valence-electron chi connectivity index (χ1n) is 8.87. The van der Waals surface area contributed by atoms with Crippen LogP contribution in [0.4, 0.5) is 4.79 Å². The lowest BCUT2D eigenvalue weighted by atomic mass is 9.93. The summed E-state index contributed by atoms with van der Waals surface area (Å²) < 4.78 is 3.92. The van der Waals surface area contributed by atoms with E-state index in [4.69, 9.17) is 5.11 Å². The van der Waals surface area contributed by atoms with Crippen LogP contribution in [0.25, 0.3) is 0 Å². The molecular formula is C16H23N7O2. The molecule has 134 valence electrons. The summed E-state index contributed by atoms with van der Waals surface area (Å²) >= 11 is 0. The standard InChI is InChI=1S/C16H23N7O2/c24-8-7-23-13-4-1-3-12(11(13)9-18-23)19-16(25)17-10-15-21-20-14-5-2-6-22(14)15/h9,12,24H,1-8,10H2,(H2,17,19,25). The fourth-order valence-electron chi connectivity index (χ4n) is 3.77. The molecule has 0 spiro atoms. The van der Waals surface area contributed by atoms with Crippen LogP contribution in [0.3, 0.4) is 0 Å². The molecule has 25 heavy (non-hydrogen) atoms. The molecule has 2 amide bonds. The van der Waals surface area contributed by atoms with Crippen LogP contribution in [0.2, 0.25) is 0 Å². The van der Waals surface area contributed by atoms with Gasteiger partial charge in [0.25, 0.3) is 0 Å². The zero-order valence-electron chi connectivity index (χ0n) is 14.1. The average molecular weight is 345 g/mol. The maximum atomic E-state index is 12.3. The SMILES string of the molecule is O=C(NCc1nnc2n1CCC2)NC1CCCc2c1cnn2CCO. The normalized spacial score (nSPS) is 18.7. The molecule has 1 aliphatic heterocycles. The molecule has 2 aromatic rings. The minimum Gasteiger partial charge on any atom is -0.394 e. The monoisotopic (exact) mass is 345 g/mol. The van der Waals surface area contributed by atoms with Gasteiger partial charge in [0.05, 0.1) is 31.9 Å². The first kappa shape index (κ1) is 16.1. The lowest BCUT2D eigenvalue weighted by Crippen LogP contribution is -2.39. The molecular weight excluding hydrogens is 322 g/mol. The van der Waals surface area contributed by atoms with Crippen LogP contribution in [0.15, 0.2) is 6.20 Å². The van der Waals surface area contributed by atoms with Crippen LogP contribution in [-0.2, 0) is 32.5 Å². The summed E-state index contributed by atoms with van der Waals surface area (Å²) in [4.78, 5) is 12.3. The molecule has 3 N–H and O–H groups in total. The van der Waals surface area contributed by atoms with Crippen molar-refractivity contribution in [1.82, 2.24) is 35.2 Å². The number of aliphatic hydroxyl groups is 1. The van der Waals surface area contributed by atoms with Crippen LogP contribution < -0.4 is 10.6 Å². The molecule has 0 radical (unpaired) electrons. The quantitative estimate of drug-likeness (QED) is 0.721. The van der Waals surface area contributed by atoms with E-state index in [-0.39, 0.29) is 18.7 Å². The van der Waals surface area contributed by atoms with Crippen LogP contribution in [-0.4, -0.2) is 42.3 Å². The maximum Gasteiger partial charge on any atom is 0.315 e. The second kappa shape index (κ2) is 6.83. The molecule has 0 aromatic carbocycles. The predicted molar refractivity (Wildman–Crippen MR) is 88.7 cm³/mol. The van der Waals surface area contributed by atoms with Crippen molar-refractivity contribution in [2.45, 2.75) is 57.8 Å². The highest BCUT2D eigenvalue weighted by Gasteiger charge is 2.25. The molecule has 3 heterocycles. The molecule has 0 saturated carbocycles. The van der Waals surface area contributed by atoms with Crippen molar-refractivity contribution in [3.63, 3.8) is 0 Å². The first-order chi connectivity index (χ1) is 12.3. The Morgan fingerprint density at radius 2 is 2.24 bits per heavy atom. The molecule has 0 saturated heterocycles. The van der Waals surface area contributed by atoms with Gasteiger partial charge in [-0.25, -0.2) is 4.79 Å². The molecule has 4 rings (SSSR count). The lowest BCUT2D eigenvalue weighted by Gasteiger charge is -2.24. The zero-order chi connectivity index (χ0) is 17.2. The van der Waals surface area contributed by atoms with Crippen molar-refractivity contribution in [3.05, 3.63) is 29.1 Å². The van der Waals surface area contributed by atoms with Gasteiger partial charge in [-0.2, -0.15) is 5.10 Å². The Bertz CT molecular complexity index is 767. The van der Waals surface area contributed by atoms with Crippen molar-refractivity contribution >= 4 is 6.03 Å². The second-order valence-electron chi connectivity index (χ2n) is 6.55. The van der Waals surface area contributed by atoms with Gasteiger partial charge in [0.2, 0.25) is 0 Å². The van der Waals surface area contributed by atoms with E-state index < -0.39 is 0 Å². The summed E-state index contributed by atoms with van der Waals surface area (Å²) in [5.74, 6) is 1.81. The molecule has 0 bridgehead atoms. The minimum absolute atomic E-state index is 0.0414. The van der Waals surface area contributed by atoms with Crippen LogP contribution in [0.5, 0.6) is 0 Å². The molecule has 1 unspecified atom stereocenters. The van der Waals surface area contributed by atoms with E-state index in [2.05, 4.69) is 30.5 Å². The number of nitrogens with zero attached hydrogens (tertiary/aromatic N) is 5. The van der Waals surface area contributed by atoms with E-state index in [0.717, 1.165) is 61.6 Å². The van der Waals surface area contributed by atoms with Crippen molar-refractivity contribution < 1.29 is 9.90 Å². The van der Waals surface area contributed by atoms with Crippen molar-refractivity contribution in [2.75, 3.05) is 6.61 Å². The van der Waals surface area contributed by atoms with Gasteiger partial charge in [-0.1, -0.05) is 0 Å². The highest BCUT2D eigenvalue weighted by Crippen LogP contribution is 2.29. The number of nitrogens with one attached hydrogen (secondary N) is 2. The van der Waals surface area contributed by atoms with Crippen molar-refractivity contribution in [3.8, 4) is 0 Å². The van der Waals surface area contributed by atoms with E-state index in [0.29, 0.717) is 13.1 Å². The topological polar surface area (TPSA) is 110 Å². The zero-order valence-corrected chi connectivity index (χ0v) is 14.1. The first-order valence-corrected chi connectivity index (χ1v) is 8.87. The van der Waals surface area contributed by atoms with Crippen molar-refractivity contribution in [1.29, 1.82) is 0 Å². The van der Waals surface area contributed by atoms with Gasteiger partial charge in [0.15, 0.2) is 5.82 Å². The summed E-state index contributed by atoms with van der Waals surface area (Å²) in [6, 6.07) is -0.247. The third kappa shape index (κ3) is 3.11. The molecule has 2 aromatic heterocycles. The van der Waals surface area contributed by atoms with E-state index >= 15 is 0 Å². The molecule has 2 aliphatic rings. The Balaban J connectivity index is 1.37. The largest absolute Gasteiger partial charge is 0.394 e. The van der Waals surface area contributed by atoms with Gasteiger partial charge < -0.3 is 20.3 Å². The Kier molecular flexibility index (Phi) is 4.39. The number of carbonyl (C=O) groups is 1. The number of hydrogen-bond acceptors (Lipinski definition) is 5. The number of carbonyl (C=O) groups excluding carboxylic acids is 1. The Labute approximate surface area is 145 Å². The number of urea groups is 1. The summed E-state index contributed by atoms with van der Waals surface area (Å²) in [5, 5.41) is 27.7. The predicted octanol–water partition coefficient (Wildman–Crippen LogP) is 0.290. The molecule has 1 aliphatic carbocycles. The van der Waals surface area contributed by atoms with Crippen molar-refractivity contribution in [2.24, 2.45) is 0 Å².